The first kappa shape index (κ1) is 8.17. The molecule has 0 aromatic carbocycles. The maximum Gasteiger partial charge on any atom is 0.0883 e. The summed E-state index contributed by atoms with van der Waals surface area (Å²) in [5.41, 5.74) is 2.83. The van der Waals surface area contributed by atoms with E-state index in [-0.39, 0.29) is 0 Å². The minimum absolute atomic E-state index is 0.678. The van der Waals surface area contributed by atoms with Crippen molar-refractivity contribution in [3.8, 4) is 0 Å². The summed E-state index contributed by atoms with van der Waals surface area (Å²) in [7, 11) is 0. The van der Waals surface area contributed by atoms with Crippen molar-refractivity contribution in [2.75, 3.05) is 0 Å². The van der Waals surface area contributed by atoms with Crippen LogP contribution in [-0.4, -0.2) is 11.7 Å². The van der Waals surface area contributed by atoms with Crippen LogP contribution in [0.1, 0.15) is 30.1 Å². The molecule has 1 saturated carbocycles. The van der Waals surface area contributed by atoms with Gasteiger partial charge in [-0.25, -0.2) is 0 Å². The first-order valence-electron chi connectivity index (χ1n) is 4.45. The molecule has 1 fully saturated rings. The Labute approximate surface area is 78.0 Å². The number of rotatable bonds is 3. The maximum atomic E-state index is 4.47. The van der Waals surface area contributed by atoms with Crippen molar-refractivity contribution in [3.05, 3.63) is 30.1 Å². The molecule has 1 aliphatic rings. The van der Waals surface area contributed by atoms with E-state index in [1.54, 1.807) is 6.08 Å². The van der Waals surface area contributed by atoms with Crippen LogP contribution in [0.5, 0.6) is 0 Å². The topological polar surface area (TPSA) is 25.2 Å². The van der Waals surface area contributed by atoms with Gasteiger partial charge in [-0.05, 0) is 37.8 Å². The molecule has 2 heteroatoms. The summed E-state index contributed by atoms with van der Waals surface area (Å²) in [6.45, 7) is 7.20. The van der Waals surface area contributed by atoms with Crippen LogP contribution in [0.3, 0.4) is 0 Å². The molecule has 0 saturated heterocycles. The van der Waals surface area contributed by atoms with Gasteiger partial charge in [-0.15, -0.1) is 0 Å². The zero-order valence-electron chi connectivity index (χ0n) is 7.53. The van der Waals surface area contributed by atoms with Crippen LogP contribution in [0.4, 0.5) is 5.69 Å². The number of aromatic nitrogens is 1. The van der Waals surface area contributed by atoms with E-state index in [1.165, 1.54) is 18.5 Å². The van der Waals surface area contributed by atoms with Crippen molar-refractivity contribution in [2.45, 2.75) is 18.8 Å². The quantitative estimate of drug-likeness (QED) is 0.643. The molecule has 1 heterocycles. The van der Waals surface area contributed by atoms with E-state index in [4.69, 9.17) is 0 Å². The molecular weight excluding hydrogens is 160 g/mol. The Morgan fingerprint density at radius 2 is 2.23 bits per heavy atom. The van der Waals surface area contributed by atoms with E-state index in [1.807, 2.05) is 12.1 Å². The molecule has 0 amide bonds. The third-order valence-electron chi connectivity index (χ3n) is 2.28. The van der Waals surface area contributed by atoms with Crippen LogP contribution >= 0.6 is 0 Å². The van der Waals surface area contributed by atoms with E-state index in [2.05, 4.69) is 23.3 Å². The van der Waals surface area contributed by atoms with Gasteiger partial charge in [0.15, 0.2) is 0 Å². The lowest BCUT2D eigenvalue weighted by Gasteiger charge is -2.02. The van der Waals surface area contributed by atoms with Gasteiger partial charge in [-0.3, -0.25) is 9.98 Å². The predicted molar refractivity (Wildman–Crippen MR) is 55.5 cm³/mol. The number of nitrogens with zero attached hydrogens (tertiary/aromatic N) is 2. The first-order chi connectivity index (χ1) is 6.35. The molecule has 1 aliphatic carbocycles. The largest absolute Gasteiger partial charge is 0.262 e. The standard InChI is InChI=1S/C11H12N2/c1-3-9-11(12-2)7-6-10(13-9)8-4-5-8/h3,6-8H,1-2,4-5H2. The summed E-state index contributed by atoms with van der Waals surface area (Å²) in [5.74, 6) is 0.678. The Morgan fingerprint density at radius 1 is 1.46 bits per heavy atom. The maximum absolute atomic E-state index is 4.47. The second-order valence-corrected chi connectivity index (χ2v) is 3.28. The van der Waals surface area contributed by atoms with Gasteiger partial charge in [0.1, 0.15) is 0 Å². The van der Waals surface area contributed by atoms with Gasteiger partial charge in [0, 0.05) is 11.6 Å². The molecule has 0 aliphatic heterocycles. The Kier molecular flexibility index (Phi) is 1.97. The van der Waals surface area contributed by atoms with Gasteiger partial charge in [0.25, 0.3) is 0 Å². The number of hydrogen-bond donors (Lipinski definition) is 0. The minimum Gasteiger partial charge on any atom is -0.262 e. The lowest BCUT2D eigenvalue weighted by molar-refractivity contribution is 1.02. The lowest BCUT2D eigenvalue weighted by atomic mass is 10.2. The highest BCUT2D eigenvalue weighted by atomic mass is 14.8. The average molecular weight is 172 g/mol. The van der Waals surface area contributed by atoms with Crippen LogP contribution in [0, 0.1) is 0 Å². The zero-order valence-corrected chi connectivity index (χ0v) is 7.53. The molecule has 13 heavy (non-hydrogen) atoms. The molecule has 0 radical (unpaired) electrons. The summed E-state index contributed by atoms with van der Waals surface area (Å²) < 4.78 is 0. The molecular formula is C11H12N2. The van der Waals surface area contributed by atoms with Gasteiger partial charge in [-0.2, -0.15) is 0 Å². The summed E-state index contributed by atoms with van der Waals surface area (Å²) in [6, 6.07) is 4.00. The van der Waals surface area contributed by atoms with Crippen molar-refractivity contribution in [2.24, 2.45) is 4.99 Å². The Hall–Kier alpha value is -1.44. The molecule has 2 rings (SSSR count). The SMILES string of the molecule is C=Cc1nc(C2CC2)ccc1N=C. The monoisotopic (exact) mass is 172 g/mol. The molecule has 0 spiro atoms. The minimum atomic E-state index is 0.678. The molecule has 0 N–H and O–H groups in total. The van der Waals surface area contributed by atoms with Crippen molar-refractivity contribution in [1.82, 2.24) is 4.98 Å². The number of pyridine rings is 1. The highest BCUT2D eigenvalue weighted by Gasteiger charge is 2.25. The summed E-state index contributed by atoms with van der Waals surface area (Å²) >= 11 is 0. The average Bonchev–Trinajstić information content (AvgIpc) is 3.00. The Bertz CT molecular complexity index is 351. The van der Waals surface area contributed by atoms with E-state index in [0.29, 0.717) is 5.92 Å². The van der Waals surface area contributed by atoms with Gasteiger partial charge in [0.05, 0.1) is 11.4 Å². The fourth-order valence-electron chi connectivity index (χ4n) is 1.37. The molecule has 2 nitrogen and oxygen atoms in total. The summed E-state index contributed by atoms with van der Waals surface area (Å²) in [6.07, 6.45) is 4.27. The molecule has 0 unspecified atom stereocenters. The fraction of sp³-hybridized carbons (Fsp3) is 0.273. The van der Waals surface area contributed by atoms with Crippen LogP contribution in [0.2, 0.25) is 0 Å². The van der Waals surface area contributed by atoms with E-state index in [0.717, 1.165) is 11.4 Å². The van der Waals surface area contributed by atoms with Crippen molar-refractivity contribution in [1.29, 1.82) is 0 Å². The second-order valence-electron chi connectivity index (χ2n) is 3.28. The van der Waals surface area contributed by atoms with Crippen molar-refractivity contribution in [3.63, 3.8) is 0 Å². The van der Waals surface area contributed by atoms with Crippen molar-refractivity contribution >= 4 is 18.5 Å². The smallest absolute Gasteiger partial charge is 0.0883 e. The third kappa shape index (κ3) is 1.52. The fourth-order valence-corrected chi connectivity index (χ4v) is 1.37. The summed E-state index contributed by atoms with van der Waals surface area (Å²) in [4.78, 5) is 8.35. The van der Waals surface area contributed by atoms with Crippen LogP contribution < -0.4 is 0 Å². The van der Waals surface area contributed by atoms with Crippen LogP contribution in [-0.2, 0) is 0 Å². The number of aliphatic imine (C=N–C) groups is 1. The van der Waals surface area contributed by atoms with Crippen LogP contribution in [0.15, 0.2) is 23.7 Å². The first-order valence-corrected chi connectivity index (χ1v) is 4.45. The molecule has 66 valence electrons. The van der Waals surface area contributed by atoms with Gasteiger partial charge in [0.2, 0.25) is 0 Å². The highest BCUT2D eigenvalue weighted by molar-refractivity contribution is 5.61. The van der Waals surface area contributed by atoms with Gasteiger partial charge in [-0.1, -0.05) is 6.58 Å². The normalized spacial score (nSPS) is 15.4. The molecule has 1 aromatic heterocycles. The van der Waals surface area contributed by atoms with Crippen LogP contribution in [0.25, 0.3) is 6.08 Å². The number of hydrogen-bond acceptors (Lipinski definition) is 2. The second kappa shape index (κ2) is 3.13. The Morgan fingerprint density at radius 3 is 2.77 bits per heavy atom. The summed E-state index contributed by atoms with van der Waals surface area (Å²) in [5, 5.41) is 0. The molecule has 1 aromatic rings. The molecule has 0 bridgehead atoms. The Balaban J connectivity index is 2.42. The molecule has 0 atom stereocenters. The zero-order chi connectivity index (χ0) is 9.26. The van der Waals surface area contributed by atoms with E-state index < -0.39 is 0 Å². The van der Waals surface area contributed by atoms with Gasteiger partial charge < -0.3 is 0 Å². The third-order valence-corrected chi connectivity index (χ3v) is 2.28. The van der Waals surface area contributed by atoms with Gasteiger partial charge >= 0.3 is 0 Å². The lowest BCUT2D eigenvalue weighted by Crippen LogP contribution is -1.89. The van der Waals surface area contributed by atoms with Crippen molar-refractivity contribution < 1.29 is 0 Å². The predicted octanol–water partition coefficient (Wildman–Crippen LogP) is 2.93. The van der Waals surface area contributed by atoms with E-state index >= 15 is 0 Å². The van der Waals surface area contributed by atoms with E-state index in [9.17, 15) is 0 Å². The highest BCUT2D eigenvalue weighted by Crippen LogP contribution is 2.39.